The van der Waals surface area contributed by atoms with Crippen LogP contribution in [0.5, 0.6) is 5.75 Å². The molecule has 3 aromatic carbocycles. The zero-order valence-corrected chi connectivity index (χ0v) is 23.1. The molecule has 1 aliphatic rings. The van der Waals surface area contributed by atoms with Crippen LogP contribution in [-0.4, -0.2) is 13.5 Å². The number of sulfone groups is 1. The molecule has 1 fully saturated rings. The van der Waals surface area contributed by atoms with Crippen LogP contribution in [0.1, 0.15) is 71.6 Å². The van der Waals surface area contributed by atoms with Gasteiger partial charge in [0, 0.05) is 17.9 Å². The van der Waals surface area contributed by atoms with Crippen molar-refractivity contribution in [3.05, 3.63) is 129 Å². The molecule has 204 valence electrons. The van der Waals surface area contributed by atoms with Gasteiger partial charge in [-0.2, -0.15) is 5.26 Å². The van der Waals surface area contributed by atoms with Gasteiger partial charge in [0.25, 0.3) is 0 Å². The predicted molar refractivity (Wildman–Crippen MR) is 153 cm³/mol. The lowest BCUT2D eigenvalue weighted by atomic mass is 9.86. The van der Waals surface area contributed by atoms with Gasteiger partial charge in [-0.05, 0) is 72.6 Å². The molecule has 1 heterocycles. The number of nitrogens with zero attached hydrogens (tertiary/aromatic N) is 1. The molecule has 0 aliphatic heterocycles. The standard InChI is InChI=1S/C33H31NO5S/c1-2-25(17-22-7-4-3-5-8-22)30-19-29(35)32(33(36)39-30)31(26-13-14-26)27-10-6-9-24(18-27)21-40(37,38)28-15-11-23(20-34)12-16-28/h3-12,15-16,18-19,25-26,31,35H,2,13-14,17,21H2,1H3. The summed E-state index contributed by atoms with van der Waals surface area (Å²) < 4.78 is 32.0. The first-order valence-electron chi connectivity index (χ1n) is 13.5. The van der Waals surface area contributed by atoms with E-state index in [2.05, 4.69) is 0 Å². The average molecular weight is 554 g/mol. The van der Waals surface area contributed by atoms with Gasteiger partial charge < -0.3 is 9.52 Å². The van der Waals surface area contributed by atoms with Crippen LogP contribution < -0.4 is 5.63 Å². The Balaban J connectivity index is 1.44. The largest absolute Gasteiger partial charge is 0.507 e. The maximum Gasteiger partial charge on any atom is 0.343 e. The minimum Gasteiger partial charge on any atom is -0.507 e. The van der Waals surface area contributed by atoms with Crippen molar-refractivity contribution < 1.29 is 17.9 Å². The number of nitriles is 1. The Morgan fingerprint density at radius 3 is 2.30 bits per heavy atom. The van der Waals surface area contributed by atoms with E-state index in [9.17, 15) is 18.3 Å². The van der Waals surface area contributed by atoms with Gasteiger partial charge in [-0.1, -0.05) is 61.5 Å². The minimum absolute atomic E-state index is 0.0508. The SMILES string of the molecule is CCC(Cc1ccccc1)c1cc(O)c(C(c2cccc(CS(=O)(=O)c3ccc(C#N)cc3)c2)C2CC2)c(=O)o1. The molecule has 0 radical (unpaired) electrons. The quantitative estimate of drug-likeness (QED) is 0.241. The average Bonchev–Trinajstić information content (AvgIpc) is 3.79. The van der Waals surface area contributed by atoms with E-state index >= 15 is 0 Å². The van der Waals surface area contributed by atoms with Gasteiger partial charge in [-0.25, -0.2) is 13.2 Å². The van der Waals surface area contributed by atoms with Gasteiger partial charge in [0.05, 0.1) is 27.8 Å². The van der Waals surface area contributed by atoms with Crippen molar-refractivity contribution in [2.75, 3.05) is 0 Å². The van der Waals surface area contributed by atoms with Gasteiger partial charge in [0.15, 0.2) is 9.84 Å². The summed E-state index contributed by atoms with van der Waals surface area (Å²) in [6.07, 6.45) is 3.26. The van der Waals surface area contributed by atoms with Crippen molar-refractivity contribution in [1.82, 2.24) is 0 Å². The topological polar surface area (TPSA) is 108 Å². The second-order valence-corrected chi connectivity index (χ2v) is 12.5. The van der Waals surface area contributed by atoms with Crippen molar-refractivity contribution in [1.29, 1.82) is 5.26 Å². The highest BCUT2D eigenvalue weighted by atomic mass is 32.2. The number of benzene rings is 3. The van der Waals surface area contributed by atoms with Gasteiger partial charge in [0.2, 0.25) is 0 Å². The smallest absolute Gasteiger partial charge is 0.343 e. The van der Waals surface area contributed by atoms with E-state index in [0.717, 1.165) is 30.4 Å². The molecule has 0 spiro atoms. The van der Waals surface area contributed by atoms with E-state index in [0.29, 0.717) is 23.3 Å². The Bertz CT molecular complexity index is 1700. The molecule has 0 bridgehead atoms. The molecule has 2 atom stereocenters. The van der Waals surface area contributed by atoms with Gasteiger partial charge in [-0.3, -0.25) is 0 Å². The fourth-order valence-corrected chi connectivity index (χ4v) is 6.70. The fraction of sp³-hybridized carbons (Fsp3) is 0.273. The molecule has 1 aromatic heterocycles. The molecule has 1 saturated carbocycles. The molecule has 7 heteroatoms. The maximum absolute atomic E-state index is 13.4. The Kier molecular flexibility index (Phi) is 7.90. The van der Waals surface area contributed by atoms with Crippen LogP contribution in [0.25, 0.3) is 0 Å². The van der Waals surface area contributed by atoms with Crippen LogP contribution >= 0.6 is 0 Å². The van der Waals surface area contributed by atoms with E-state index in [1.807, 2.05) is 49.4 Å². The summed E-state index contributed by atoms with van der Waals surface area (Å²) in [6, 6.07) is 26.6. The lowest BCUT2D eigenvalue weighted by Crippen LogP contribution is -2.18. The third-order valence-corrected chi connectivity index (χ3v) is 9.32. The Morgan fingerprint density at radius 1 is 0.975 bits per heavy atom. The molecule has 0 saturated heterocycles. The van der Waals surface area contributed by atoms with Gasteiger partial charge >= 0.3 is 5.63 Å². The normalized spacial score (nSPS) is 14.8. The zero-order chi connectivity index (χ0) is 28.3. The number of hydrogen-bond acceptors (Lipinski definition) is 6. The van der Waals surface area contributed by atoms with Crippen LogP contribution in [0.3, 0.4) is 0 Å². The van der Waals surface area contributed by atoms with Crippen LogP contribution in [-0.2, 0) is 22.0 Å². The van der Waals surface area contributed by atoms with E-state index in [4.69, 9.17) is 9.68 Å². The highest BCUT2D eigenvalue weighted by Gasteiger charge is 2.38. The summed E-state index contributed by atoms with van der Waals surface area (Å²) in [5, 5.41) is 20.2. The summed E-state index contributed by atoms with van der Waals surface area (Å²) in [5.41, 5.74) is 2.57. The third-order valence-electron chi connectivity index (χ3n) is 7.62. The molecule has 6 nitrogen and oxygen atoms in total. The van der Waals surface area contributed by atoms with Crippen molar-refractivity contribution in [3.8, 4) is 11.8 Å². The van der Waals surface area contributed by atoms with E-state index in [1.54, 1.807) is 24.3 Å². The lowest BCUT2D eigenvalue weighted by molar-refractivity contribution is 0.379. The monoisotopic (exact) mass is 553 g/mol. The van der Waals surface area contributed by atoms with Crippen molar-refractivity contribution in [2.24, 2.45) is 5.92 Å². The van der Waals surface area contributed by atoms with E-state index in [1.165, 1.54) is 24.3 Å². The molecule has 4 aromatic rings. The van der Waals surface area contributed by atoms with Crippen LogP contribution in [0.15, 0.2) is 99.0 Å². The minimum atomic E-state index is -3.65. The first kappa shape index (κ1) is 27.4. The Labute approximate surface area is 234 Å². The second-order valence-electron chi connectivity index (χ2n) is 10.5. The fourth-order valence-electron chi connectivity index (χ4n) is 5.36. The highest BCUT2D eigenvalue weighted by molar-refractivity contribution is 7.90. The van der Waals surface area contributed by atoms with Gasteiger partial charge in [0.1, 0.15) is 11.5 Å². The van der Waals surface area contributed by atoms with Crippen molar-refractivity contribution in [2.45, 2.75) is 55.1 Å². The molecule has 1 N–H and O–H groups in total. The zero-order valence-electron chi connectivity index (χ0n) is 22.3. The first-order chi connectivity index (χ1) is 19.3. The molecule has 0 amide bonds. The summed E-state index contributed by atoms with van der Waals surface area (Å²) >= 11 is 0. The first-order valence-corrected chi connectivity index (χ1v) is 15.2. The van der Waals surface area contributed by atoms with Crippen molar-refractivity contribution >= 4 is 9.84 Å². The Morgan fingerprint density at radius 2 is 1.68 bits per heavy atom. The molecule has 1 aliphatic carbocycles. The number of hydrogen-bond donors (Lipinski definition) is 1. The highest BCUT2D eigenvalue weighted by Crippen LogP contribution is 2.48. The van der Waals surface area contributed by atoms with Crippen molar-refractivity contribution in [3.63, 3.8) is 0 Å². The van der Waals surface area contributed by atoms with Crippen LogP contribution in [0.2, 0.25) is 0 Å². The summed E-state index contributed by atoms with van der Waals surface area (Å²) in [7, 11) is -3.65. The molecule has 2 unspecified atom stereocenters. The summed E-state index contributed by atoms with van der Waals surface area (Å²) in [5.74, 6) is -0.111. The summed E-state index contributed by atoms with van der Waals surface area (Å²) in [6.45, 7) is 2.03. The predicted octanol–water partition coefficient (Wildman–Crippen LogP) is 6.47. The number of aromatic hydroxyl groups is 1. The Hall–Kier alpha value is -4.15. The maximum atomic E-state index is 13.4. The van der Waals surface area contributed by atoms with Gasteiger partial charge in [-0.15, -0.1) is 0 Å². The van der Waals surface area contributed by atoms with Crippen LogP contribution in [0.4, 0.5) is 0 Å². The van der Waals surface area contributed by atoms with E-state index in [-0.39, 0.29) is 33.8 Å². The number of rotatable bonds is 10. The van der Waals surface area contributed by atoms with Crippen LogP contribution in [0, 0.1) is 17.2 Å². The summed E-state index contributed by atoms with van der Waals surface area (Å²) in [4.78, 5) is 13.5. The molecular weight excluding hydrogens is 522 g/mol. The molecular formula is C33H31NO5S. The molecule has 40 heavy (non-hydrogen) atoms. The van der Waals surface area contributed by atoms with E-state index < -0.39 is 21.4 Å². The third kappa shape index (κ3) is 6.03. The lowest BCUT2D eigenvalue weighted by Gasteiger charge is -2.20. The molecule has 5 rings (SSSR count). The second kappa shape index (κ2) is 11.5.